The second-order valence-electron chi connectivity index (χ2n) is 13.1. The average Bonchev–Trinajstić information content (AvgIpc) is 3.12. The maximum absolute atomic E-state index is 2.49. The van der Waals surface area contributed by atoms with Crippen LogP contribution in [0.5, 0.6) is 0 Å². The van der Waals surface area contributed by atoms with Crippen molar-refractivity contribution in [2.75, 3.05) is 4.90 Å². The lowest BCUT2D eigenvalue weighted by Crippen LogP contribution is -2.14. The molecule has 1 nitrogen and oxygen atoms in total. The van der Waals surface area contributed by atoms with Crippen molar-refractivity contribution in [1.29, 1.82) is 0 Å². The van der Waals surface area contributed by atoms with Crippen molar-refractivity contribution in [1.82, 2.24) is 0 Å². The molecule has 0 aliphatic heterocycles. The summed E-state index contributed by atoms with van der Waals surface area (Å²) in [6, 6.07) is 45.6. The average molecular weight is 592 g/mol. The molecule has 2 aliphatic carbocycles. The van der Waals surface area contributed by atoms with Crippen LogP contribution in [0.2, 0.25) is 0 Å². The lowest BCUT2D eigenvalue weighted by molar-refractivity contribution is 0.685. The summed E-state index contributed by atoms with van der Waals surface area (Å²) in [5.41, 5.74) is 13.4. The van der Waals surface area contributed by atoms with E-state index < -0.39 is 0 Å². The molecule has 0 N–H and O–H groups in total. The number of benzene rings is 7. The van der Waals surface area contributed by atoms with E-state index in [4.69, 9.17) is 0 Å². The first kappa shape index (κ1) is 27.2. The number of anilines is 3. The Morgan fingerprint density at radius 2 is 1.24 bits per heavy atom. The van der Waals surface area contributed by atoms with E-state index in [0.29, 0.717) is 0 Å². The number of rotatable bonds is 4. The summed E-state index contributed by atoms with van der Waals surface area (Å²) in [4.78, 5) is 2.49. The normalized spacial score (nSPS) is 14.0. The van der Waals surface area contributed by atoms with Gasteiger partial charge in [-0.05, 0) is 142 Å². The van der Waals surface area contributed by atoms with Gasteiger partial charge in [0.05, 0.1) is 5.69 Å². The lowest BCUT2D eigenvalue weighted by Gasteiger charge is -2.30. The van der Waals surface area contributed by atoms with Crippen LogP contribution in [-0.2, 0) is 19.3 Å². The van der Waals surface area contributed by atoms with Gasteiger partial charge >= 0.3 is 0 Å². The van der Waals surface area contributed by atoms with E-state index in [0.717, 1.165) is 12.8 Å². The summed E-state index contributed by atoms with van der Waals surface area (Å²) in [6.45, 7) is 2.28. The summed E-state index contributed by atoms with van der Waals surface area (Å²) in [5.74, 6) is 0. The fourth-order valence-corrected chi connectivity index (χ4v) is 8.11. The monoisotopic (exact) mass is 591 g/mol. The maximum Gasteiger partial charge on any atom is 0.0540 e. The Morgan fingerprint density at radius 1 is 0.522 bits per heavy atom. The standard InChI is InChI=1S/C45H37N/c1-30-27-33-12-2-3-13-34(33)29-45(30)46(44-20-10-14-32-11-4-5-15-37(32)44)36-24-21-31(22-25-36)35-23-26-42-40-18-7-6-16-38(40)39-17-8-9-19-41(39)43(42)28-35/h4-5,7-11,14-15,17-29H,2-3,6,12-13,16H2,1H3. The predicted molar refractivity (Wildman–Crippen MR) is 198 cm³/mol. The highest BCUT2D eigenvalue weighted by Crippen LogP contribution is 2.43. The number of nitrogens with zero attached hydrogens (tertiary/aromatic N) is 1. The van der Waals surface area contributed by atoms with Crippen molar-refractivity contribution < 1.29 is 0 Å². The van der Waals surface area contributed by atoms with Crippen LogP contribution in [-0.4, -0.2) is 0 Å². The SMILES string of the molecule is Cc1cc2c(cc1N(c1ccc(-c3ccc4c5c(c6ccccc6c4c3)CCC=C5)cc1)c1cccc3ccccc13)CCCC2. The van der Waals surface area contributed by atoms with Crippen LogP contribution in [0.1, 0.15) is 47.1 Å². The molecular formula is C45H37N. The largest absolute Gasteiger partial charge is 0.310 e. The Kier molecular flexibility index (Phi) is 6.52. The van der Waals surface area contributed by atoms with E-state index in [1.807, 2.05) is 0 Å². The van der Waals surface area contributed by atoms with Gasteiger partial charge in [-0.25, -0.2) is 0 Å². The smallest absolute Gasteiger partial charge is 0.0540 e. The summed E-state index contributed by atoms with van der Waals surface area (Å²) in [6.07, 6.45) is 11.8. The first-order chi connectivity index (χ1) is 22.7. The third-order valence-corrected chi connectivity index (χ3v) is 10.4. The van der Waals surface area contributed by atoms with Crippen LogP contribution in [0.25, 0.3) is 49.5 Å². The maximum atomic E-state index is 2.49. The Hall–Kier alpha value is -5.14. The molecule has 0 saturated heterocycles. The molecule has 0 atom stereocenters. The molecule has 0 heterocycles. The molecule has 0 aromatic heterocycles. The van der Waals surface area contributed by atoms with E-state index in [1.54, 1.807) is 0 Å². The van der Waals surface area contributed by atoms with Gasteiger partial charge in [0.1, 0.15) is 0 Å². The number of aryl methyl sites for hydroxylation is 4. The molecule has 0 radical (unpaired) electrons. The number of allylic oxidation sites excluding steroid dienone is 1. The van der Waals surface area contributed by atoms with Crippen LogP contribution in [0.4, 0.5) is 17.1 Å². The topological polar surface area (TPSA) is 3.24 Å². The van der Waals surface area contributed by atoms with Crippen molar-refractivity contribution in [3.8, 4) is 11.1 Å². The molecule has 0 bridgehead atoms. The summed E-state index contributed by atoms with van der Waals surface area (Å²) in [5, 5.41) is 7.98. The third kappa shape index (κ3) is 4.45. The number of hydrogen-bond acceptors (Lipinski definition) is 1. The highest BCUT2D eigenvalue weighted by molar-refractivity contribution is 6.14. The zero-order chi connectivity index (χ0) is 30.6. The molecule has 1 heteroatoms. The van der Waals surface area contributed by atoms with E-state index in [1.165, 1.54) is 114 Å². The number of fused-ring (bicyclic) bond motifs is 8. The summed E-state index contributed by atoms with van der Waals surface area (Å²) >= 11 is 0. The van der Waals surface area contributed by atoms with Gasteiger partial charge in [-0.3, -0.25) is 0 Å². The van der Waals surface area contributed by atoms with Crippen LogP contribution in [0, 0.1) is 6.92 Å². The van der Waals surface area contributed by atoms with E-state index >= 15 is 0 Å². The molecule has 222 valence electrons. The zero-order valence-corrected chi connectivity index (χ0v) is 26.4. The Labute approximate surface area is 271 Å². The van der Waals surface area contributed by atoms with Crippen molar-refractivity contribution >= 4 is 55.5 Å². The van der Waals surface area contributed by atoms with Crippen LogP contribution < -0.4 is 4.90 Å². The molecular weight excluding hydrogens is 555 g/mol. The fraction of sp³-hybridized carbons (Fsp3) is 0.156. The highest BCUT2D eigenvalue weighted by Gasteiger charge is 2.21. The number of hydrogen-bond donors (Lipinski definition) is 0. The van der Waals surface area contributed by atoms with Crippen molar-refractivity contribution in [3.05, 3.63) is 155 Å². The minimum Gasteiger partial charge on any atom is -0.310 e. The Balaban J connectivity index is 1.19. The first-order valence-electron chi connectivity index (χ1n) is 16.9. The van der Waals surface area contributed by atoms with Gasteiger partial charge in [0, 0.05) is 16.8 Å². The molecule has 0 unspecified atom stereocenters. The highest BCUT2D eigenvalue weighted by atomic mass is 15.1. The van der Waals surface area contributed by atoms with Gasteiger partial charge in [0.15, 0.2) is 0 Å². The molecule has 7 aromatic rings. The molecule has 0 spiro atoms. The van der Waals surface area contributed by atoms with Crippen LogP contribution >= 0.6 is 0 Å². The Bertz CT molecular complexity index is 2320. The summed E-state index contributed by atoms with van der Waals surface area (Å²) in [7, 11) is 0. The van der Waals surface area contributed by atoms with Crippen molar-refractivity contribution in [2.45, 2.75) is 45.4 Å². The molecule has 7 aromatic carbocycles. The van der Waals surface area contributed by atoms with Gasteiger partial charge in [-0.2, -0.15) is 0 Å². The van der Waals surface area contributed by atoms with Gasteiger partial charge < -0.3 is 4.90 Å². The van der Waals surface area contributed by atoms with E-state index in [9.17, 15) is 0 Å². The minimum atomic E-state index is 1.11. The minimum absolute atomic E-state index is 1.11. The van der Waals surface area contributed by atoms with E-state index in [2.05, 4.69) is 145 Å². The second kappa shape index (κ2) is 11.0. The van der Waals surface area contributed by atoms with E-state index in [-0.39, 0.29) is 0 Å². The van der Waals surface area contributed by atoms with Gasteiger partial charge in [0.2, 0.25) is 0 Å². The second-order valence-corrected chi connectivity index (χ2v) is 13.1. The molecule has 0 fully saturated rings. The first-order valence-corrected chi connectivity index (χ1v) is 16.9. The molecule has 46 heavy (non-hydrogen) atoms. The molecule has 2 aliphatic rings. The van der Waals surface area contributed by atoms with Crippen molar-refractivity contribution in [3.63, 3.8) is 0 Å². The Morgan fingerprint density at radius 3 is 2.09 bits per heavy atom. The van der Waals surface area contributed by atoms with Gasteiger partial charge in [0.25, 0.3) is 0 Å². The van der Waals surface area contributed by atoms with Crippen LogP contribution in [0.3, 0.4) is 0 Å². The van der Waals surface area contributed by atoms with Gasteiger partial charge in [-0.15, -0.1) is 0 Å². The van der Waals surface area contributed by atoms with Crippen molar-refractivity contribution in [2.24, 2.45) is 0 Å². The quantitative estimate of drug-likeness (QED) is 0.184. The predicted octanol–water partition coefficient (Wildman–Crippen LogP) is 12.4. The zero-order valence-electron chi connectivity index (χ0n) is 26.4. The lowest BCUT2D eigenvalue weighted by atomic mass is 9.86. The summed E-state index contributed by atoms with van der Waals surface area (Å²) < 4.78 is 0. The molecule has 0 saturated carbocycles. The fourth-order valence-electron chi connectivity index (χ4n) is 8.11. The molecule has 9 rings (SSSR count). The third-order valence-electron chi connectivity index (χ3n) is 10.4. The molecule has 0 amide bonds. The van der Waals surface area contributed by atoms with Gasteiger partial charge in [-0.1, -0.05) is 103 Å². The van der Waals surface area contributed by atoms with Crippen LogP contribution in [0.15, 0.2) is 127 Å².